The first-order chi connectivity index (χ1) is 5.57. The Labute approximate surface area is 70.8 Å². The molecule has 0 bridgehead atoms. The van der Waals surface area contributed by atoms with Crippen molar-refractivity contribution < 1.29 is 19.4 Å². The molecule has 0 radical (unpaired) electrons. The second kappa shape index (κ2) is 5.35. The zero-order valence-corrected chi connectivity index (χ0v) is 7.16. The maximum Gasteiger partial charge on any atom is 0.330 e. The summed E-state index contributed by atoms with van der Waals surface area (Å²) in [4.78, 5) is 21.0. The summed E-state index contributed by atoms with van der Waals surface area (Å²) < 4.78 is 4.60. The molecule has 0 fully saturated rings. The maximum absolute atomic E-state index is 10.7. The third-order valence-electron chi connectivity index (χ3n) is 1.22. The molecule has 0 aliphatic rings. The summed E-state index contributed by atoms with van der Waals surface area (Å²) in [6.07, 6.45) is 1.35. The lowest BCUT2D eigenvalue weighted by Crippen LogP contribution is -2.03. The fraction of sp³-hybridized carbons (Fsp3) is 0.500. The topological polar surface area (TPSA) is 63.6 Å². The number of carboxylic acids is 1. The van der Waals surface area contributed by atoms with Crippen molar-refractivity contribution in [2.45, 2.75) is 20.3 Å². The minimum atomic E-state index is -1.01. The first-order valence-corrected chi connectivity index (χ1v) is 3.63. The largest absolute Gasteiger partial charge is 0.478 e. The molecular weight excluding hydrogens is 160 g/mol. The van der Waals surface area contributed by atoms with Gasteiger partial charge in [-0.25, -0.2) is 4.79 Å². The normalized spacial score (nSPS) is 11.0. The van der Waals surface area contributed by atoms with Crippen molar-refractivity contribution in [1.82, 2.24) is 0 Å². The minimum Gasteiger partial charge on any atom is -0.478 e. The molecule has 0 saturated heterocycles. The SMILES string of the molecule is CCOC(=O)CC=C(C)C(=O)O. The third-order valence-corrected chi connectivity index (χ3v) is 1.22. The molecular formula is C8H12O4. The smallest absolute Gasteiger partial charge is 0.330 e. The Kier molecular flexibility index (Phi) is 4.76. The molecule has 0 aliphatic heterocycles. The van der Waals surface area contributed by atoms with Gasteiger partial charge in [0.25, 0.3) is 0 Å². The third kappa shape index (κ3) is 4.49. The molecule has 0 aromatic carbocycles. The van der Waals surface area contributed by atoms with Crippen LogP contribution in [0.1, 0.15) is 20.3 Å². The summed E-state index contributed by atoms with van der Waals surface area (Å²) in [6.45, 7) is 3.45. The van der Waals surface area contributed by atoms with E-state index < -0.39 is 11.9 Å². The zero-order chi connectivity index (χ0) is 9.56. The molecule has 0 spiro atoms. The van der Waals surface area contributed by atoms with E-state index in [2.05, 4.69) is 4.74 Å². The molecule has 0 aromatic heterocycles. The molecule has 0 aliphatic carbocycles. The summed E-state index contributed by atoms with van der Waals surface area (Å²) in [5.41, 5.74) is 0.156. The zero-order valence-electron chi connectivity index (χ0n) is 7.16. The lowest BCUT2D eigenvalue weighted by Gasteiger charge is -1.97. The van der Waals surface area contributed by atoms with Crippen molar-refractivity contribution in [3.05, 3.63) is 11.6 Å². The van der Waals surface area contributed by atoms with E-state index in [9.17, 15) is 9.59 Å². The highest BCUT2D eigenvalue weighted by Crippen LogP contribution is 1.96. The molecule has 0 saturated carbocycles. The molecule has 0 heterocycles. The Bertz CT molecular complexity index is 205. The molecule has 0 unspecified atom stereocenters. The molecule has 0 atom stereocenters. The predicted molar refractivity (Wildman–Crippen MR) is 42.6 cm³/mol. The summed E-state index contributed by atoms with van der Waals surface area (Å²) in [7, 11) is 0. The summed E-state index contributed by atoms with van der Waals surface area (Å²) in [5, 5.41) is 8.40. The number of esters is 1. The van der Waals surface area contributed by atoms with Gasteiger partial charge in [0.15, 0.2) is 0 Å². The summed E-state index contributed by atoms with van der Waals surface area (Å²) in [5.74, 6) is -1.42. The Hall–Kier alpha value is -1.32. The van der Waals surface area contributed by atoms with Crippen LogP contribution in [0.5, 0.6) is 0 Å². The van der Waals surface area contributed by atoms with Gasteiger partial charge in [0, 0.05) is 5.57 Å². The molecule has 0 amide bonds. The van der Waals surface area contributed by atoms with Crippen LogP contribution in [0.3, 0.4) is 0 Å². The van der Waals surface area contributed by atoms with Gasteiger partial charge in [-0.15, -0.1) is 0 Å². The van der Waals surface area contributed by atoms with Crippen LogP contribution < -0.4 is 0 Å². The van der Waals surface area contributed by atoms with Crippen molar-refractivity contribution in [3.63, 3.8) is 0 Å². The van der Waals surface area contributed by atoms with Crippen molar-refractivity contribution in [1.29, 1.82) is 0 Å². The monoisotopic (exact) mass is 172 g/mol. The van der Waals surface area contributed by atoms with Crippen molar-refractivity contribution >= 4 is 11.9 Å². The number of hydrogen-bond acceptors (Lipinski definition) is 3. The molecule has 12 heavy (non-hydrogen) atoms. The number of carbonyl (C=O) groups excluding carboxylic acids is 1. The number of ether oxygens (including phenoxy) is 1. The van der Waals surface area contributed by atoms with Gasteiger partial charge in [-0.05, 0) is 13.8 Å². The number of hydrogen-bond donors (Lipinski definition) is 1. The van der Waals surface area contributed by atoms with Crippen LogP contribution in [0.15, 0.2) is 11.6 Å². The second-order valence-electron chi connectivity index (χ2n) is 2.20. The van der Waals surface area contributed by atoms with Gasteiger partial charge in [0.2, 0.25) is 0 Å². The number of carboxylic acid groups (broad SMARTS) is 1. The van der Waals surface area contributed by atoms with Gasteiger partial charge < -0.3 is 9.84 Å². The van der Waals surface area contributed by atoms with Crippen molar-refractivity contribution in [2.75, 3.05) is 6.61 Å². The van der Waals surface area contributed by atoms with Crippen molar-refractivity contribution in [3.8, 4) is 0 Å². The molecule has 0 rings (SSSR count). The van der Waals surface area contributed by atoms with Gasteiger partial charge >= 0.3 is 11.9 Å². The van der Waals surface area contributed by atoms with Gasteiger partial charge in [0.1, 0.15) is 0 Å². The van der Waals surface area contributed by atoms with E-state index >= 15 is 0 Å². The molecule has 4 heteroatoms. The fourth-order valence-electron chi connectivity index (χ4n) is 0.544. The molecule has 68 valence electrons. The van der Waals surface area contributed by atoms with Gasteiger partial charge in [0.05, 0.1) is 13.0 Å². The Morgan fingerprint density at radius 1 is 1.50 bits per heavy atom. The standard InChI is InChI=1S/C8H12O4/c1-3-12-7(9)5-4-6(2)8(10)11/h4H,3,5H2,1-2H3,(H,10,11). The number of rotatable bonds is 4. The van der Waals surface area contributed by atoms with E-state index in [1.165, 1.54) is 13.0 Å². The maximum atomic E-state index is 10.7. The van der Waals surface area contributed by atoms with E-state index in [0.717, 1.165) is 0 Å². The average Bonchev–Trinajstić information content (AvgIpc) is 2.00. The molecule has 0 aromatic rings. The molecule has 4 nitrogen and oxygen atoms in total. The Morgan fingerprint density at radius 3 is 2.50 bits per heavy atom. The highest BCUT2D eigenvalue weighted by molar-refractivity contribution is 5.86. The van der Waals surface area contributed by atoms with Crippen LogP contribution >= 0.6 is 0 Å². The Balaban J connectivity index is 3.87. The van der Waals surface area contributed by atoms with Crippen molar-refractivity contribution in [2.24, 2.45) is 0 Å². The van der Waals surface area contributed by atoms with E-state index in [1.807, 2.05) is 0 Å². The van der Waals surface area contributed by atoms with Crippen LogP contribution in [0.4, 0.5) is 0 Å². The lowest BCUT2D eigenvalue weighted by atomic mass is 10.2. The number of aliphatic carboxylic acids is 1. The first-order valence-electron chi connectivity index (χ1n) is 3.63. The quantitative estimate of drug-likeness (QED) is 0.507. The molecule has 1 N–H and O–H groups in total. The number of carbonyl (C=O) groups is 2. The van der Waals surface area contributed by atoms with E-state index in [-0.39, 0.29) is 12.0 Å². The minimum absolute atomic E-state index is 0.0198. The van der Waals surface area contributed by atoms with Gasteiger partial charge in [-0.2, -0.15) is 0 Å². The Morgan fingerprint density at radius 2 is 2.08 bits per heavy atom. The first kappa shape index (κ1) is 10.7. The van der Waals surface area contributed by atoms with Gasteiger partial charge in [-0.3, -0.25) is 4.79 Å². The van der Waals surface area contributed by atoms with E-state index in [4.69, 9.17) is 5.11 Å². The highest BCUT2D eigenvalue weighted by atomic mass is 16.5. The summed E-state index contributed by atoms with van der Waals surface area (Å²) in [6, 6.07) is 0. The van der Waals surface area contributed by atoms with Crippen LogP contribution in [0.25, 0.3) is 0 Å². The van der Waals surface area contributed by atoms with Crippen LogP contribution in [-0.4, -0.2) is 23.7 Å². The average molecular weight is 172 g/mol. The summed E-state index contributed by atoms with van der Waals surface area (Å²) >= 11 is 0. The van der Waals surface area contributed by atoms with Crippen LogP contribution in [-0.2, 0) is 14.3 Å². The van der Waals surface area contributed by atoms with Gasteiger partial charge in [-0.1, -0.05) is 6.08 Å². The highest BCUT2D eigenvalue weighted by Gasteiger charge is 2.02. The fourth-order valence-corrected chi connectivity index (χ4v) is 0.544. The predicted octanol–water partition coefficient (Wildman–Crippen LogP) is 0.970. The second-order valence-corrected chi connectivity index (χ2v) is 2.20. The van der Waals surface area contributed by atoms with Crippen LogP contribution in [0.2, 0.25) is 0 Å². The van der Waals surface area contributed by atoms with E-state index in [1.54, 1.807) is 6.92 Å². The van der Waals surface area contributed by atoms with E-state index in [0.29, 0.717) is 6.61 Å². The lowest BCUT2D eigenvalue weighted by molar-refractivity contribution is -0.142. The van der Waals surface area contributed by atoms with Crippen LogP contribution in [0, 0.1) is 0 Å².